The van der Waals surface area contributed by atoms with Crippen LogP contribution in [0.2, 0.25) is 0 Å². The van der Waals surface area contributed by atoms with Crippen molar-refractivity contribution in [1.82, 2.24) is 4.90 Å². The maximum absolute atomic E-state index is 11.6. The van der Waals surface area contributed by atoms with E-state index in [2.05, 4.69) is 5.16 Å². The van der Waals surface area contributed by atoms with Gasteiger partial charge < -0.3 is 9.57 Å². The van der Waals surface area contributed by atoms with Gasteiger partial charge in [0.1, 0.15) is 11.2 Å². The predicted molar refractivity (Wildman–Crippen MR) is 66.1 cm³/mol. The summed E-state index contributed by atoms with van der Waals surface area (Å²) < 4.78 is 5.23. The molecule has 98 valence electrons. The second kappa shape index (κ2) is 4.55. The van der Waals surface area contributed by atoms with E-state index in [-0.39, 0.29) is 11.7 Å². The van der Waals surface area contributed by atoms with Crippen LogP contribution in [0.5, 0.6) is 0 Å². The van der Waals surface area contributed by atoms with Crippen LogP contribution in [0.3, 0.4) is 0 Å². The number of hydrogen-bond acceptors (Lipinski definition) is 4. The monoisotopic (exact) mass is 242 g/mol. The zero-order valence-electron chi connectivity index (χ0n) is 11.5. The van der Waals surface area contributed by atoms with Crippen LogP contribution in [0.4, 0.5) is 4.79 Å². The highest BCUT2D eigenvalue weighted by molar-refractivity contribution is 5.98. The minimum absolute atomic E-state index is 0.292. The first-order valence-electron chi connectivity index (χ1n) is 5.79. The molecule has 0 atom stereocenters. The largest absolute Gasteiger partial charge is 0.444 e. The number of likely N-dealkylation sites (tertiary alicyclic amines) is 1. The summed E-state index contributed by atoms with van der Waals surface area (Å²) in [7, 11) is 0. The van der Waals surface area contributed by atoms with Crippen LogP contribution in [0, 0.1) is 0 Å². The summed E-state index contributed by atoms with van der Waals surface area (Å²) in [5.41, 5.74) is 0.122. The van der Waals surface area contributed by atoms with Crippen molar-refractivity contribution in [3.63, 3.8) is 0 Å². The third-order valence-electron chi connectivity index (χ3n) is 1.85. The molecule has 5 heteroatoms. The van der Waals surface area contributed by atoms with Crippen molar-refractivity contribution in [2.45, 2.75) is 52.7 Å². The average Bonchev–Trinajstić information content (AvgIpc) is 1.94. The number of oxime groups is 1. The molecule has 0 saturated carbocycles. The second-order valence-corrected chi connectivity index (χ2v) is 6.20. The number of carbonyl (C=O) groups is 1. The predicted octanol–water partition coefficient (Wildman–Crippen LogP) is 2.41. The van der Waals surface area contributed by atoms with Crippen LogP contribution in [0.1, 0.15) is 41.5 Å². The number of rotatable bonds is 1. The molecule has 1 rings (SSSR count). The van der Waals surface area contributed by atoms with E-state index in [9.17, 15) is 4.79 Å². The molecule has 1 amide bonds. The van der Waals surface area contributed by atoms with Gasteiger partial charge in [-0.2, -0.15) is 0 Å². The van der Waals surface area contributed by atoms with Gasteiger partial charge in [-0.25, -0.2) is 4.79 Å². The summed E-state index contributed by atoms with van der Waals surface area (Å²) in [5, 5.41) is 4.00. The molecule has 1 saturated heterocycles. The fourth-order valence-electron chi connectivity index (χ4n) is 1.11. The van der Waals surface area contributed by atoms with Crippen molar-refractivity contribution in [1.29, 1.82) is 0 Å². The minimum atomic E-state index is -0.452. The van der Waals surface area contributed by atoms with Gasteiger partial charge in [-0.3, -0.25) is 4.90 Å². The fraction of sp³-hybridized carbons (Fsp3) is 0.833. The zero-order chi connectivity index (χ0) is 13.3. The Labute approximate surface area is 103 Å². The Morgan fingerprint density at radius 1 is 1.12 bits per heavy atom. The zero-order valence-corrected chi connectivity index (χ0v) is 11.5. The normalized spacial score (nSPS) is 16.4. The quantitative estimate of drug-likeness (QED) is 0.663. The van der Waals surface area contributed by atoms with Crippen LogP contribution < -0.4 is 0 Å². The molecule has 0 aromatic heterocycles. The number of carbonyl (C=O) groups excluding carboxylic acids is 1. The Hall–Kier alpha value is -1.26. The Kier molecular flexibility index (Phi) is 3.69. The van der Waals surface area contributed by atoms with E-state index in [4.69, 9.17) is 9.57 Å². The van der Waals surface area contributed by atoms with Crippen LogP contribution in [0.15, 0.2) is 5.16 Å². The van der Waals surface area contributed by atoms with Crippen LogP contribution in [-0.4, -0.2) is 41.0 Å². The van der Waals surface area contributed by atoms with E-state index in [0.717, 1.165) is 5.71 Å². The molecule has 0 radical (unpaired) electrons. The first-order valence-corrected chi connectivity index (χ1v) is 5.79. The van der Waals surface area contributed by atoms with Gasteiger partial charge in [-0.05, 0) is 41.5 Å². The molecule has 0 aromatic carbocycles. The van der Waals surface area contributed by atoms with Gasteiger partial charge in [0.05, 0.1) is 18.8 Å². The van der Waals surface area contributed by atoms with E-state index >= 15 is 0 Å². The molecule has 5 nitrogen and oxygen atoms in total. The van der Waals surface area contributed by atoms with E-state index in [1.807, 2.05) is 41.5 Å². The highest BCUT2D eigenvalue weighted by Gasteiger charge is 2.31. The molecule has 0 aromatic rings. The Balaban J connectivity index is 2.34. The third kappa shape index (κ3) is 5.06. The molecule has 0 unspecified atom stereocenters. The van der Waals surface area contributed by atoms with E-state index in [1.165, 1.54) is 0 Å². The van der Waals surface area contributed by atoms with Gasteiger partial charge in [-0.15, -0.1) is 0 Å². The highest BCUT2D eigenvalue weighted by atomic mass is 16.6. The van der Waals surface area contributed by atoms with Gasteiger partial charge in [0.2, 0.25) is 0 Å². The maximum Gasteiger partial charge on any atom is 0.410 e. The average molecular weight is 242 g/mol. The molecule has 0 aliphatic carbocycles. The Morgan fingerprint density at radius 2 is 1.65 bits per heavy atom. The molecular formula is C12H22N2O3. The van der Waals surface area contributed by atoms with Crippen molar-refractivity contribution in [3.8, 4) is 0 Å². The summed E-state index contributed by atoms with van der Waals surface area (Å²) in [4.78, 5) is 18.5. The highest BCUT2D eigenvalue weighted by Crippen LogP contribution is 2.15. The van der Waals surface area contributed by atoms with Crippen molar-refractivity contribution in [2.75, 3.05) is 13.1 Å². The summed E-state index contributed by atoms with van der Waals surface area (Å²) in [6, 6.07) is 0. The number of nitrogens with zero attached hydrogens (tertiary/aromatic N) is 2. The molecule has 17 heavy (non-hydrogen) atoms. The first-order chi connectivity index (χ1) is 7.57. The third-order valence-corrected chi connectivity index (χ3v) is 1.85. The molecule has 1 aliphatic heterocycles. The van der Waals surface area contributed by atoms with E-state index in [0.29, 0.717) is 13.1 Å². The lowest BCUT2D eigenvalue weighted by atomic mass is 10.2. The Morgan fingerprint density at radius 3 is 2.06 bits per heavy atom. The summed E-state index contributed by atoms with van der Waals surface area (Å²) in [6.45, 7) is 12.3. The lowest BCUT2D eigenvalue weighted by Gasteiger charge is -2.34. The summed E-state index contributed by atoms with van der Waals surface area (Å²) >= 11 is 0. The standard InChI is InChI=1S/C12H22N2O3/c1-11(2,3)16-10(15)14-7-9(8-14)13-17-12(4,5)6/h7-8H2,1-6H3. The fourth-order valence-corrected chi connectivity index (χ4v) is 1.11. The smallest absolute Gasteiger partial charge is 0.410 e. The summed E-state index contributed by atoms with van der Waals surface area (Å²) in [5.74, 6) is 0. The molecule has 0 spiro atoms. The van der Waals surface area contributed by atoms with Crippen LogP contribution >= 0.6 is 0 Å². The van der Waals surface area contributed by atoms with Crippen LogP contribution in [0.25, 0.3) is 0 Å². The molecule has 1 heterocycles. The molecule has 0 N–H and O–H groups in total. The second-order valence-electron chi connectivity index (χ2n) is 6.20. The Bertz CT molecular complexity index is 316. The lowest BCUT2D eigenvalue weighted by molar-refractivity contribution is -0.00342. The summed E-state index contributed by atoms with van der Waals surface area (Å²) in [6.07, 6.45) is -0.299. The number of hydrogen-bond donors (Lipinski definition) is 0. The molecule has 1 fully saturated rings. The topological polar surface area (TPSA) is 51.1 Å². The number of amides is 1. The molecular weight excluding hydrogens is 220 g/mol. The SMILES string of the molecule is CC(C)(C)ON=C1CN(C(=O)OC(C)(C)C)C1. The van der Waals surface area contributed by atoms with Gasteiger partial charge >= 0.3 is 6.09 Å². The van der Waals surface area contributed by atoms with E-state index in [1.54, 1.807) is 4.90 Å². The lowest BCUT2D eigenvalue weighted by Crippen LogP contribution is -2.52. The van der Waals surface area contributed by atoms with Gasteiger partial charge in [0, 0.05) is 0 Å². The molecule has 0 bridgehead atoms. The van der Waals surface area contributed by atoms with Crippen molar-refractivity contribution >= 4 is 11.8 Å². The van der Waals surface area contributed by atoms with Gasteiger partial charge in [0.25, 0.3) is 0 Å². The van der Waals surface area contributed by atoms with Crippen molar-refractivity contribution < 1.29 is 14.4 Å². The maximum atomic E-state index is 11.6. The van der Waals surface area contributed by atoms with E-state index < -0.39 is 5.60 Å². The molecule has 1 aliphatic rings. The van der Waals surface area contributed by atoms with Crippen molar-refractivity contribution in [2.24, 2.45) is 5.16 Å². The first kappa shape index (κ1) is 13.8. The number of ether oxygens (including phenoxy) is 1. The van der Waals surface area contributed by atoms with Crippen molar-refractivity contribution in [3.05, 3.63) is 0 Å². The minimum Gasteiger partial charge on any atom is -0.444 e. The van der Waals surface area contributed by atoms with Crippen LogP contribution in [-0.2, 0) is 9.57 Å². The van der Waals surface area contributed by atoms with Gasteiger partial charge in [-0.1, -0.05) is 5.16 Å². The van der Waals surface area contributed by atoms with Gasteiger partial charge in [0.15, 0.2) is 0 Å².